The number of nitrogens with one attached hydrogen (secondary N) is 1. The third-order valence-corrected chi connectivity index (χ3v) is 2.64. The molecule has 0 amide bonds. The molecule has 0 unspecified atom stereocenters. The van der Waals surface area contributed by atoms with Crippen LogP contribution >= 0.6 is 0 Å². The Kier molecular flexibility index (Phi) is 5.39. The molecule has 3 nitrogen and oxygen atoms in total. The molecule has 1 heterocycles. The molecule has 0 atom stereocenters. The maximum Gasteiger partial charge on any atom is 0.131 e. The van der Waals surface area contributed by atoms with E-state index in [1.165, 1.54) is 0 Å². The Morgan fingerprint density at radius 2 is 1.82 bits per heavy atom. The molecule has 1 N–H and O–H groups in total. The first-order valence-corrected chi connectivity index (χ1v) is 6.55. The number of aromatic nitrogens is 2. The quantitative estimate of drug-likeness (QED) is 0.822. The minimum atomic E-state index is 0.632. The number of aryl methyl sites for hydroxylation is 1. The summed E-state index contributed by atoms with van der Waals surface area (Å²) in [5, 5.41) is 3.12. The minimum absolute atomic E-state index is 0.632. The molecular formula is C14H25N3. The Morgan fingerprint density at radius 1 is 1.12 bits per heavy atom. The van der Waals surface area contributed by atoms with Crippen molar-refractivity contribution in [1.82, 2.24) is 9.97 Å². The smallest absolute Gasteiger partial charge is 0.131 e. The van der Waals surface area contributed by atoms with Gasteiger partial charge >= 0.3 is 0 Å². The summed E-state index contributed by atoms with van der Waals surface area (Å²) in [7, 11) is 1.91. The highest BCUT2D eigenvalue weighted by atomic mass is 15.0. The van der Waals surface area contributed by atoms with Crippen molar-refractivity contribution in [2.24, 2.45) is 11.8 Å². The largest absolute Gasteiger partial charge is 0.373 e. The van der Waals surface area contributed by atoms with Crippen molar-refractivity contribution in [1.29, 1.82) is 0 Å². The van der Waals surface area contributed by atoms with Crippen molar-refractivity contribution in [3.63, 3.8) is 0 Å². The van der Waals surface area contributed by atoms with Gasteiger partial charge in [0.25, 0.3) is 0 Å². The third-order valence-electron chi connectivity index (χ3n) is 2.64. The van der Waals surface area contributed by atoms with Gasteiger partial charge in [-0.1, -0.05) is 27.7 Å². The van der Waals surface area contributed by atoms with Crippen LogP contribution in [-0.4, -0.2) is 17.0 Å². The van der Waals surface area contributed by atoms with Gasteiger partial charge in [-0.25, -0.2) is 9.97 Å². The molecule has 0 radical (unpaired) electrons. The molecule has 0 aliphatic heterocycles. The molecule has 0 spiro atoms. The van der Waals surface area contributed by atoms with Gasteiger partial charge in [-0.15, -0.1) is 0 Å². The van der Waals surface area contributed by atoms with E-state index in [4.69, 9.17) is 0 Å². The molecule has 17 heavy (non-hydrogen) atoms. The van der Waals surface area contributed by atoms with E-state index in [2.05, 4.69) is 49.0 Å². The van der Waals surface area contributed by atoms with Crippen molar-refractivity contribution in [3.05, 3.63) is 17.6 Å². The second-order valence-corrected chi connectivity index (χ2v) is 5.44. The van der Waals surface area contributed by atoms with E-state index in [-0.39, 0.29) is 0 Å². The second kappa shape index (κ2) is 6.58. The molecule has 3 heteroatoms. The molecule has 0 aliphatic rings. The lowest BCUT2D eigenvalue weighted by Crippen LogP contribution is -2.07. The monoisotopic (exact) mass is 235 g/mol. The van der Waals surface area contributed by atoms with Crippen LogP contribution in [0.25, 0.3) is 0 Å². The van der Waals surface area contributed by atoms with E-state index >= 15 is 0 Å². The Morgan fingerprint density at radius 3 is 2.35 bits per heavy atom. The van der Waals surface area contributed by atoms with Crippen molar-refractivity contribution in [2.45, 2.75) is 47.0 Å². The number of nitrogens with zero attached hydrogens (tertiary/aromatic N) is 2. The molecule has 1 rings (SSSR count). The lowest BCUT2D eigenvalue weighted by Gasteiger charge is -2.10. The molecule has 1 aromatic rings. The average Bonchev–Trinajstić information content (AvgIpc) is 2.25. The van der Waals surface area contributed by atoms with Gasteiger partial charge in [0.2, 0.25) is 0 Å². The van der Waals surface area contributed by atoms with Gasteiger partial charge in [-0.05, 0) is 24.7 Å². The Labute approximate surface area is 105 Å². The topological polar surface area (TPSA) is 37.8 Å². The summed E-state index contributed by atoms with van der Waals surface area (Å²) in [5.41, 5.74) is 1.15. The molecule has 0 fully saturated rings. The molecular weight excluding hydrogens is 210 g/mol. The fraction of sp³-hybridized carbons (Fsp3) is 0.714. The van der Waals surface area contributed by atoms with Gasteiger partial charge in [0.05, 0.1) is 0 Å². The highest BCUT2D eigenvalue weighted by Gasteiger charge is 2.06. The summed E-state index contributed by atoms with van der Waals surface area (Å²) in [6, 6.07) is 2.05. The van der Waals surface area contributed by atoms with Crippen LogP contribution in [0.4, 0.5) is 5.82 Å². The number of anilines is 1. The van der Waals surface area contributed by atoms with Crippen LogP contribution in [0.3, 0.4) is 0 Å². The average molecular weight is 235 g/mol. The Balaban J connectivity index is 2.81. The summed E-state index contributed by atoms with van der Waals surface area (Å²) >= 11 is 0. The first kappa shape index (κ1) is 13.9. The zero-order valence-corrected chi connectivity index (χ0v) is 11.7. The van der Waals surface area contributed by atoms with E-state index in [0.717, 1.165) is 36.6 Å². The maximum atomic E-state index is 4.64. The lowest BCUT2D eigenvalue weighted by atomic mass is 10.1. The highest BCUT2D eigenvalue weighted by molar-refractivity contribution is 5.35. The summed E-state index contributed by atoms with van der Waals surface area (Å²) < 4.78 is 0. The van der Waals surface area contributed by atoms with Crippen LogP contribution in [0.15, 0.2) is 6.07 Å². The predicted octanol–water partition coefficient (Wildman–Crippen LogP) is 3.31. The first-order chi connectivity index (χ1) is 8.01. The fourth-order valence-electron chi connectivity index (χ4n) is 1.73. The predicted molar refractivity (Wildman–Crippen MR) is 73.3 cm³/mol. The summed E-state index contributed by atoms with van der Waals surface area (Å²) in [4.78, 5) is 9.15. The first-order valence-electron chi connectivity index (χ1n) is 6.55. The molecule has 0 aromatic carbocycles. The molecule has 96 valence electrons. The van der Waals surface area contributed by atoms with Crippen molar-refractivity contribution in [3.8, 4) is 0 Å². The van der Waals surface area contributed by atoms with E-state index in [0.29, 0.717) is 11.8 Å². The lowest BCUT2D eigenvalue weighted by molar-refractivity contribution is 0.570. The van der Waals surface area contributed by atoms with E-state index in [1.807, 2.05) is 7.05 Å². The van der Waals surface area contributed by atoms with Gasteiger partial charge < -0.3 is 5.32 Å². The summed E-state index contributed by atoms with van der Waals surface area (Å²) in [6.07, 6.45) is 3.14. The van der Waals surface area contributed by atoms with Gasteiger partial charge in [-0.2, -0.15) is 0 Å². The second-order valence-electron chi connectivity index (χ2n) is 5.44. The standard InChI is InChI=1S/C14H25N3/c1-10(2)6-7-13-16-12(8-11(3)4)9-14(15-5)17-13/h9-11H,6-8H2,1-5H3,(H,15,16,17). The van der Waals surface area contributed by atoms with E-state index in [1.54, 1.807) is 0 Å². The highest BCUT2D eigenvalue weighted by Crippen LogP contribution is 2.13. The van der Waals surface area contributed by atoms with Crippen LogP contribution in [0.2, 0.25) is 0 Å². The van der Waals surface area contributed by atoms with Crippen LogP contribution in [0, 0.1) is 11.8 Å². The van der Waals surface area contributed by atoms with Gasteiger partial charge in [0, 0.05) is 25.2 Å². The summed E-state index contributed by atoms with van der Waals surface area (Å²) in [5.74, 6) is 3.24. The van der Waals surface area contributed by atoms with Crippen LogP contribution in [0.1, 0.15) is 45.6 Å². The molecule has 0 saturated heterocycles. The van der Waals surface area contributed by atoms with Crippen molar-refractivity contribution in [2.75, 3.05) is 12.4 Å². The van der Waals surface area contributed by atoms with Crippen LogP contribution < -0.4 is 5.32 Å². The number of hydrogen-bond donors (Lipinski definition) is 1. The maximum absolute atomic E-state index is 4.64. The van der Waals surface area contributed by atoms with Crippen molar-refractivity contribution >= 4 is 5.82 Å². The van der Waals surface area contributed by atoms with E-state index < -0.39 is 0 Å². The SMILES string of the molecule is CNc1cc(CC(C)C)nc(CCC(C)C)n1. The van der Waals surface area contributed by atoms with Gasteiger partial charge in [0.1, 0.15) is 11.6 Å². The number of hydrogen-bond acceptors (Lipinski definition) is 3. The van der Waals surface area contributed by atoms with E-state index in [9.17, 15) is 0 Å². The van der Waals surface area contributed by atoms with Gasteiger partial charge in [0.15, 0.2) is 0 Å². The minimum Gasteiger partial charge on any atom is -0.373 e. The van der Waals surface area contributed by atoms with Crippen LogP contribution in [0.5, 0.6) is 0 Å². The number of rotatable bonds is 6. The zero-order chi connectivity index (χ0) is 12.8. The molecule has 0 saturated carbocycles. The fourth-order valence-corrected chi connectivity index (χ4v) is 1.73. The molecule has 0 bridgehead atoms. The molecule has 1 aromatic heterocycles. The molecule has 0 aliphatic carbocycles. The van der Waals surface area contributed by atoms with Gasteiger partial charge in [-0.3, -0.25) is 0 Å². The Hall–Kier alpha value is -1.12. The third kappa shape index (κ3) is 5.16. The van der Waals surface area contributed by atoms with Crippen LogP contribution in [-0.2, 0) is 12.8 Å². The Bertz CT molecular complexity index is 345. The normalized spacial score (nSPS) is 11.2. The van der Waals surface area contributed by atoms with Crippen molar-refractivity contribution < 1.29 is 0 Å². The zero-order valence-electron chi connectivity index (χ0n) is 11.7. The summed E-state index contributed by atoms with van der Waals surface area (Å²) in [6.45, 7) is 8.90.